The Morgan fingerprint density at radius 1 is 0.333 bits per heavy atom. The SMILES string of the molecule is CC1(C)c2ccccc2-c2ccc(N(c3ccc(-c4ccccc4)cc3)c3cccc(-c4cccc5oc6c7ccccc7c(-c7ccccc7-c7ccccc7)cc6c45)c3)cc21. The van der Waals surface area contributed by atoms with Crippen LogP contribution in [0.2, 0.25) is 0 Å². The van der Waals surface area contributed by atoms with Gasteiger partial charge in [0, 0.05) is 38.6 Å². The monoisotopic (exact) mass is 805 g/mol. The van der Waals surface area contributed by atoms with Crippen molar-refractivity contribution in [2.45, 2.75) is 19.3 Å². The van der Waals surface area contributed by atoms with Crippen molar-refractivity contribution >= 4 is 49.8 Å². The summed E-state index contributed by atoms with van der Waals surface area (Å²) < 4.78 is 6.88. The highest BCUT2D eigenvalue weighted by molar-refractivity contribution is 6.22. The van der Waals surface area contributed by atoms with Crippen molar-refractivity contribution in [3.05, 3.63) is 236 Å². The van der Waals surface area contributed by atoms with Gasteiger partial charge < -0.3 is 9.32 Å². The van der Waals surface area contributed by atoms with E-state index < -0.39 is 0 Å². The summed E-state index contributed by atoms with van der Waals surface area (Å²) in [5, 5.41) is 4.50. The summed E-state index contributed by atoms with van der Waals surface area (Å²) in [4.78, 5) is 2.41. The zero-order valence-electron chi connectivity index (χ0n) is 35.2. The van der Waals surface area contributed by atoms with E-state index in [0.717, 1.165) is 55.5 Å². The van der Waals surface area contributed by atoms with Crippen LogP contribution in [0.1, 0.15) is 25.0 Å². The van der Waals surface area contributed by atoms with Crippen LogP contribution in [0.3, 0.4) is 0 Å². The van der Waals surface area contributed by atoms with Gasteiger partial charge in [-0.2, -0.15) is 0 Å². The van der Waals surface area contributed by atoms with E-state index in [4.69, 9.17) is 4.42 Å². The molecule has 63 heavy (non-hydrogen) atoms. The van der Waals surface area contributed by atoms with Crippen LogP contribution in [-0.4, -0.2) is 0 Å². The van der Waals surface area contributed by atoms with E-state index in [9.17, 15) is 0 Å². The van der Waals surface area contributed by atoms with Gasteiger partial charge in [-0.15, -0.1) is 0 Å². The molecule has 0 aliphatic heterocycles. The second kappa shape index (κ2) is 14.6. The Labute approximate surface area is 368 Å². The molecule has 2 nitrogen and oxygen atoms in total. The molecule has 1 aliphatic rings. The number of benzene rings is 10. The minimum absolute atomic E-state index is 0.130. The third kappa shape index (κ3) is 6.02. The summed E-state index contributed by atoms with van der Waals surface area (Å²) in [7, 11) is 0. The summed E-state index contributed by atoms with van der Waals surface area (Å²) in [6.07, 6.45) is 0. The molecule has 11 aromatic rings. The number of hydrogen-bond acceptors (Lipinski definition) is 2. The van der Waals surface area contributed by atoms with Gasteiger partial charge in [-0.1, -0.05) is 190 Å². The molecule has 0 saturated carbocycles. The first kappa shape index (κ1) is 36.9. The van der Waals surface area contributed by atoms with Crippen molar-refractivity contribution < 1.29 is 4.42 Å². The molecule has 10 aromatic carbocycles. The average Bonchev–Trinajstić information content (AvgIpc) is 3.84. The molecule has 0 spiro atoms. The van der Waals surface area contributed by atoms with Gasteiger partial charge in [0.2, 0.25) is 0 Å². The van der Waals surface area contributed by atoms with Crippen LogP contribution >= 0.6 is 0 Å². The molecular weight excluding hydrogens is 763 g/mol. The Kier molecular flexibility index (Phi) is 8.55. The summed E-state index contributed by atoms with van der Waals surface area (Å²) in [5.41, 5.74) is 19.8. The summed E-state index contributed by atoms with van der Waals surface area (Å²) >= 11 is 0. The van der Waals surface area contributed by atoms with Crippen molar-refractivity contribution in [2.75, 3.05) is 4.90 Å². The van der Waals surface area contributed by atoms with Crippen molar-refractivity contribution in [3.8, 4) is 55.6 Å². The molecule has 298 valence electrons. The van der Waals surface area contributed by atoms with Gasteiger partial charge in [-0.3, -0.25) is 0 Å². The Balaban J connectivity index is 1.04. The molecule has 0 saturated heterocycles. The molecule has 0 unspecified atom stereocenters. The average molecular weight is 806 g/mol. The van der Waals surface area contributed by atoms with E-state index in [1.54, 1.807) is 0 Å². The van der Waals surface area contributed by atoms with Gasteiger partial charge in [-0.25, -0.2) is 0 Å². The number of anilines is 3. The summed E-state index contributed by atoms with van der Waals surface area (Å²) in [6.45, 7) is 4.71. The molecule has 0 bridgehead atoms. The first-order chi connectivity index (χ1) is 31.0. The van der Waals surface area contributed by atoms with E-state index in [-0.39, 0.29) is 5.41 Å². The molecule has 0 fully saturated rings. The Bertz CT molecular complexity index is 3520. The number of nitrogens with zero attached hydrogens (tertiary/aromatic N) is 1. The number of fused-ring (bicyclic) bond motifs is 8. The van der Waals surface area contributed by atoms with E-state index in [0.29, 0.717) is 0 Å². The maximum absolute atomic E-state index is 6.88. The lowest BCUT2D eigenvalue weighted by Crippen LogP contribution is -2.16. The quantitative estimate of drug-likeness (QED) is 0.160. The molecule has 1 aliphatic carbocycles. The molecule has 1 heterocycles. The normalized spacial score (nSPS) is 12.7. The van der Waals surface area contributed by atoms with Crippen LogP contribution in [0.5, 0.6) is 0 Å². The van der Waals surface area contributed by atoms with Gasteiger partial charge in [0.15, 0.2) is 0 Å². The third-order valence-corrected chi connectivity index (χ3v) is 13.3. The van der Waals surface area contributed by atoms with Crippen molar-refractivity contribution in [1.82, 2.24) is 0 Å². The summed E-state index contributed by atoms with van der Waals surface area (Å²) in [5.74, 6) is 0. The maximum Gasteiger partial charge on any atom is 0.143 e. The molecule has 0 radical (unpaired) electrons. The number of hydrogen-bond donors (Lipinski definition) is 0. The molecule has 0 amide bonds. The zero-order chi connectivity index (χ0) is 42.1. The lowest BCUT2D eigenvalue weighted by Gasteiger charge is -2.28. The fourth-order valence-electron chi connectivity index (χ4n) is 10.2. The molecular formula is C61H43NO. The zero-order valence-corrected chi connectivity index (χ0v) is 35.2. The first-order valence-corrected chi connectivity index (χ1v) is 21.8. The maximum atomic E-state index is 6.88. The van der Waals surface area contributed by atoms with Gasteiger partial charge in [0.25, 0.3) is 0 Å². The van der Waals surface area contributed by atoms with Crippen LogP contribution < -0.4 is 4.90 Å². The van der Waals surface area contributed by atoms with Gasteiger partial charge in [-0.05, 0) is 121 Å². The Morgan fingerprint density at radius 3 is 1.70 bits per heavy atom. The van der Waals surface area contributed by atoms with E-state index in [2.05, 4.69) is 243 Å². The number of rotatable bonds is 7. The second-order valence-corrected chi connectivity index (χ2v) is 17.2. The van der Waals surface area contributed by atoms with Crippen molar-refractivity contribution in [1.29, 1.82) is 0 Å². The van der Waals surface area contributed by atoms with Crippen LogP contribution in [0.4, 0.5) is 17.1 Å². The van der Waals surface area contributed by atoms with Crippen molar-refractivity contribution in [3.63, 3.8) is 0 Å². The molecule has 0 atom stereocenters. The molecule has 12 rings (SSSR count). The van der Waals surface area contributed by atoms with Crippen LogP contribution in [0.25, 0.3) is 88.3 Å². The highest BCUT2D eigenvalue weighted by Gasteiger charge is 2.35. The second-order valence-electron chi connectivity index (χ2n) is 17.2. The van der Waals surface area contributed by atoms with Gasteiger partial charge in [0.05, 0.1) is 0 Å². The predicted molar refractivity (Wildman–Crippen MR) is 265 cm³/mol. The predicted octanol–water partition coefficient (Wildman–Crippen LogP) is 17.2. The lowest BCUT2D eigenvalue weighted by molar-refractivity contribution is 0.660. The molecule has 1 aromatic heterocycles. The highest BCUT2D eigenvalue weighted by atomic mass is 16.3. The van der Waals surface area contributed by atoms with Crippen LogP contribution in [-0.2, 0) is 5.41 Å². The number of furan rings is 1. The van der Waals surface area contributed by atoms with Gasteiger partial charge >= 0.3 is 0 Å². The van der Waals surface area contributed by atoms with E-state index in [1.807, 2.05) is 0 Å². The summed E-state index contributed by atoms with van der Waals surface area (Å²) in [6, 6.07) is 81.5. The minimum atomic E-state index is -0.130. The van der Waals surface area contributed by atoms with Gasteiger partial charge in [0.1, 0.15) is 11.2 Å². The fraction of sp³-hybridized carbons (Fsp3) is 0.0492. The third-order valence-electron chi connectivity index (χ3n) is 13.3. The Hall–Kier alpha value is -7.94. The molecule has 0 N–H and O–H groups in total. The van der Waals surface area contributed by atoms with Crippen LogP contribution in [0, 0.1) is 0 Å². The largest absolute Gasteiger partial charge is 0.455 e. The topological polar surface area (TPSA) is 16.4 Å². The first-order valence-electron chi connectivity index (χ1n) is 21.8. The van der Waals surface area contributed by atoms with Crippen molar-refractivity contribution in [2.24, 2.45) is 0 Å². The highest BCUT2D eigenvalue weighted by Crippen LogP contribution is 2.51. The standard InChI is InChI=1S/C61H43NO/c1-61(2)56-29-14-13-26-51(56)52-36-35-46(38-57(52)61)62(44-33-31-41(32-34-44)40-17-5-3-6-18-40)45-22-15-21-43(37-45)48-28-16-30-58-59(48)55-39-54(50-25-11-12-27-53(50)60(55)63-58)49-24-10-9-23-47(49)42-19-7-4-8-20-42/h3-39H,1-2H3. The van der Waals surface area contributed by atoms with Crippen LogP contribution in [0.15, 0.2) is 229 Å². The molecule has 2 heteroatoms. The lowest BCUT2D eigenvalue weighted by atomic mass is 9.82. The Morgan fingerprint density at radius 2 is 0.905 bits per heavy atom. The fourth-order valence-corrected chi connectivity index (χ4v) is 10.2. The van der Waals surface area contributed by atoms with E-state index >= 15 is 0 Å². The smallest absolute Gasteiger partial charge is 0.143 e. The minimum Gasteiger partial charge on any atom is -0.455 e. The van der Waals surface area contributed by atoms with E-state index in [1.165, 1.54) is 61.0 Å².